The fourth-order valence-electron chi connectivity index (χ4n) is 1.92. The van der Waals surface area contributed by atoms with Crippen LogP contribution in [-0.2, 0) is 6.42 Å². The van der Waals surface area contributed by atoms with E-state index in [9.17, 15) is 4.79 Å². The van der Waals surface area contributed by atoms with Crippen LogP contribution in [-0.4, -0.2) is 18.0 Å². The summed E-state index contributed by atoms with van der Waals surface area (Å²) in [7, 11) is 0. The monoisotopic (exact) mass is 296 g/mol. The molecule has 0 saturated carbocycles. The molecule has 1 aromatic carbocycles. The smallest absolute Gasteiger partial charge is 0.319 e. The molecule has 2 amide bonds. The standard InChI is InChI=1S/C16H25ClN2O/c1-3-4-5-6-7-14-8-10-15(11-9-14)19-16(20)18-12-13(2)17/h8-11,13H,3-7,12H2,1-2H3,(H2,18,19,20). The van der Waals surface area contributed by atoms with Crippen molar-refractivity contribution >= 4 is 23.3 Å². The Morgan fingerprint density at radius 3 is 2.50 bits per heavy atom. The summed E-state index contributed by atoms with van der Waals surface area (Å²) in [6.45, 7) is 4.52. The number of halogens is 1. The molecule has 0 radical (unpaired) electrons. The maximum absolute atomic E-state index is 11.6. The van der Waals surface area contributed by atoms with Crippen LogP contribution in [0, 0.1) is 0 Å². The number of unbranched alkanes of at least 4 members (excludes halogenated alkanes) is 3. The molecule has 3 nitrogen and oxygen atoms in total. The average molecular weight is 297 g/mol. The first kappa shape index (κ1) is 16.8. The fraction of sp³-hybridized carbons (Fsp3) is 0.562. The van der Waals surface area contributed by atoms with Crippen molar-refractivity contribution < 1.29 is 4.79 Å². The lowest BCUT2D eigenvalue weighted by Gasteiger charge is -2.09. The molecule has 1 atom stereocenters. The zero-order valence-electron chi connectivity index (χ0n) is 12.4. The van der Waals surface area contributed by atoms with Gasteiger partial charge in [-0.2, -0.15) is 0 Å². The van der Waals surface area contributed by atoms with Crippen molar-refractivity contribution in [3.8, 4) is 0 Å². The van der Waals surface area contributed by atoms with E-state index in [1.807, 2.05) is 19.1 Å². The highest BCUT2D eigenvalue weighted by atomic mass is 35.5. The van der Waals surface area contributed by atoms with Crippen LogP contribution in [0.3, 0.4) is 0 Å². The molecule has 0 aliphatic heterocycles. The lowest BCUT2D eigenvalue weighted by molar-refractivity contribution is 0.252. The zero-order chi connectivity index (χ0) is 14.8. The first-order chi connectivity index (χ1) is 9.61. The molecular formula is C16H25ClN2O. The van der Waals surface area contributed by atoms with Crippen molar-refractivity contribution in [1.82, 2.24) is 5.32 Å². The van der Waals surface area contributed by atoms with Gasteiger partial charge in [0.05, 0.1) is 0 Å². The molecule has 0 aliphatic rings. The second-order valence-corrected chi connectivity index (χ2v) is 5.87. The molecular weight excluding hydrogens is 272 g/mol. The molecule has 0 aromatic heterocycles. The van der Waals surface area contributed by atoms with E-state index in [1.165, 1.54) is 31.2 Å². The highest BCUT2D eigenvalue weighted by Gasteiger charge is 2.03. The molecule has 0 heterocycles. The highest BCUT2D eigenvalue weighted by Crippen LogP contribution is 2.12. The number of carbonyl (C=O) groups excluding carboxylic acids is 1. The van der Waals surface area contributed by atoms with Crippen molar-refractivity contribution in [2.24, 2.45) is 0 Å². The van der Waals surface area contributed by atoms with Crippen molar-refractivity contribution in [3.63, 3.8) is 0 Å². The largest absolute Gasteiger partial charge is 0.336 e. The number of anilines is 1. The van der Waals surface area contributed by atoms with Crippen LogP contribution in [0.5, 0.6) is 0 Å². The summed E-state index contributed by atoms with van der Waals surface area (Å²) >= 11 is 5.77. The topological polar surface area (TPSA) is 41.1 Å². The summed E-state index contributed by atoms with van der Waals surface area (Å²) < 4.78 is 0. The van der Waals surface area contributed by atoms with Crippen LogP contribution in [0.15, 0.2) is 24.3 Å². The quantitative estimate of drug-likeness (QED) is 0.536. The Bertz CT molecular complexity index is 390. The van der Waals surface area contributed by atoms with E-state index in [-0.39, 0.29) is 11.4 Å². The van der Waals surface area contributed by atoms with E-state index < -0.39 is 0 Å². The van der Waals surface area contributed by atoms with Gasteiger partial charge < -0.3 is 10.6 Å². The number of carbonyl (C=O) groups is 1. The maximum Gasteiger partial charge on any atom is 0.319 e. The Morgan fingerprint density at radius 1 is 1.20 bits per heavy atom. The number of amides is 2. The van der Waals surface area contributed by atoms with Gasteiger partial charge >= 0.3 is 6.03 Å². The van der Waals surface area contributed by atoms with E-state index in [2.05, 4.69) is 29.7 Å². The van der Waals surface area contributed by atoms with Crippen molar-refractivity contribution in [3.05, 3.63) is 29.8 Å². The van der Waals surface area contributed by atoms with Gasteiger partial charge in [-0.25, -0.2) is 4.79 Å². The molecule has 0 fully saturated rings. The van der Waals surface area contributed by atoms with Gasteiger partial charge in [-0.05, 0) is 37.5 Å². The molecule has 0 aliphatic carbocycles. The highest BCUT2D eigenvalue weighted by molar-refractivity contribution is 6.20. The summed E-state index contributed by atoms with van der Waals surface area (Å²) in [6, 6.07) is 7.82. The number of aryl methyl sites for hydroxylation is 1. The first-order valence-corrected chi connectivity index (χ1v) is 7.83. The molecule has 112 valence electrons. The van der Waals surface area contributed by atoms with Gasteiger partial charge in [-0.3, -0.25) is 0 Å². The number of nitrogens with one attached hydrogen (secondary N) is 2. The number of benzene rings is 1. The lowest BCUT2D eigenvalue weighted by atomic mass is 10.1. The first-order valence-electron chi connectivity index (χ1n) is 7.39. The van der Waals surface area contributed by atoms with Crippen LogP contribution in [0.25, 0.3) is 0 Å². The molecule has 1 rings (SSSR count). The third-order valence-corrected chi connectivity index (χ3v) is 3.23. The Labute approximate surface area is 127 Å². The Morgan fingerprint density at radius 2 is 1.90 bits per heavy atom. The van der Waals surface area contributed by atoms with Gasteiger partial charge in [0, 0.05) is 17.6 Å². The fourth-order valence-corrected chi connectivity index (χ4v) is 2.00. The van der Waals surface area contributed by atoms with E-state index in [1.54, 1.807) is 0 Å². The third-order valence-electron chi connectivity index (χ3n) is 3.07. The van der Waals surface area contributed by atoms with Crippen molar-refractivity contribution in [2.45, 2.75) is 51.3 Å². The third kappa shape index (κ3) is 7.39. The average Bonchev–Trinajstić information content (AvgIpc) is 2.43. The summed E-state index contributed by atoms with van der Waals surface area (Å²) in [5.74, 6) is 0. The van der Waals surface area contributed by atoms with Crippen LogP contribution >= 0.6 is 11.6 Å². The minimum atomic E-state index is -0.215. The number of hydrogen-bond acceptors (Lipinski definition) is 1. The predicted octanol–water partition coefficient (Wildman–Crippen LogP) is 4.56. The summed E-state index contributed by atoms with van der Waals surface area (Å²) in [5, 5.41) is 5.44. The molecule has 20 heavy (non-hydrogen) atoms. The van der Waals surface area contributed by atoms with Gasteiger partial charge in [0.2, 0.25) is 0 Å². The Kier molecular flexibility index (Phi) is 8.12. The summed E-state index contributed by atoms with van der Waals surface area (Å²) in [6.07, 6.45) is 6.19. The van der Waals surface area contributed by atoms with Gasteiger partial charge in [0.1, 0.15) is 0 Å². The van der Waals surface area contributed by atoms with E-state index in [4.69, 9.17) is 11.6 Å². The van der Waals surface area contributed by atoms with E-state index >= 15 is 0 Å². The number of rotatable bonds is 8. The number of hydrogen-bond donors (Lipinski definition) is 2. The summed E-state index contributed by atoms with van der Waals surface area (Å²) in [5.41, 5.74) is 2.13. The molecule has 1 aromatic rings. The number of alkyl halides is 1. The van der Waals surface area contributed by atoms with Crippen molar-refractivity contribution in [2.75, 3.05) is 11.9 Å². The second kappa shape index (κ2) is 9.65. The Balaban J connectivity index is 2.32. The van der Waals surface area contributed by atoms with Crippen LogP contribution < -0.4 is 10.6 Å². The van der Waals surface area contributed by atoms with Crippen LogP contribution in [0.1, 0.15) is 45.1 Å². The minimum Gasteiger partial charge on any atom is -0.336 e. The van der Waals surface area contributed by atoms with E-state index in [0.717, 1.165) is 12.1 Å². The Hall–Kier alpha value is -1.22. The molecule has 0 bridgehead atoms. The van der Waals surface area contributed by atoms with Crippen molar-refractivity contribution in [1.29, 1.82) is 0 Å². The summed E-state index contributed by atoms with van der Waals surface area (Å²) in [4.78, 5) is 11.6. The van der Waals surface area contributed by atoms with Gasteiger partial charge in [0.25, 0.3) is 0 Å². The second-order valence-electron chi connectivity index (χ2n) is 5.12. The van der Waals surface area contributed by atoms with Gasteiger partial charge in [-0.15, -0.1) is 11.6 Å². The van der Waals surface area contributed by atoms with Gasteiger partial charge in [0.15, 0.2) is 0 Å². The molecule has 0 saturated heterocycles. The van der Waals surface area contributed by atoms with Crippen LogP contribution in [0.2, 0.25) is 0 Å². The SMILES string of the molecule is CCCCCCc1ccc(NC(=O)NCC(C)Cl)cc1. The molecule has 2 N–H and O–H groups in total. The zero-order valence-corrected chi connectivity index (χ0v) is 13.2. The lowest BCUT2D eigenvalue weighted by Crippen LogP contribution is -2.32. The van der Waals surface area contributed by atoms with Crippen LogP contribution in [0.4, 0.5) is 10.5 Å². The minimum absolute atomic E-state index is 0.0637. The maximum atomic E-state index is 11.6. The normalized spacial score (nSPS) is 11.9. The van der Waals surface area contributed by atoms with E-state index in [0.29, 0.717) is 6.54 Å². The predicted molar refractivity (Wildman–Crippen MR) is 86.6 cm³/mol. The molecule has 1 unspecified atom stereocenters. The molecule has 0 spiro atoms. The number of urea groups is 1. The van der Waals surface area contributed by atoms with Gasteiger partial charge in [-0.1, -0.05) is 38.3 Å². The molecule has 4 heteroatoms.